The van der Waals surface area contributed by atoms with Crippen molar-refractivity contribution in [3.63, 3.8) is 0 Å². The van der Waals surface area contributed by atoms with Crippen LogP contribution in [0.15, 0.2) is 125 Å². The van der Waals surface area contributed by atoms with E-state index in [2.05, 4.69) is 65.6 Å². The van der Waals surface area contributed by atoms with Gasteiger partial charge in [0.05, 0.1) is 0 Å². The number of carboxylic acid groups (broad SMARTS) is 1. The number of benzene rings is 4. The smallest absolute Gasteiger partial charge is 0.485 e. The number of thioether (sulfide) groups is 1. The molecule has 1 N–H and O–H groups in total. The van der Waals surface area contributed by atoms with Gasteiger partial charge < -0.3 is 4.55 Å². The first-order chi connectivity index (χ1) is 18.5. The summed E-state index contributed by atoms with van der Waals surface area (Å²) in [4.78, 5) is 16.0. The normalized spacial score (nSPS) is 12.0. The van der Waals surface area contributed by atoms with Crippen molar-refractivity contribution in [1.29, 1.82) is 0 Å². The minimum atomic E-state index is -6.09. The molecule has 39 heavy (non-hydrogen) atoms. The van der Waals surface area contributed by atoms with Gasteiger partial charge in [0.15, 0.2) is 10.1 Å². The molecular formula is C28H21F3O5S2Se. The van der Waals surface area contributed by atoms with Crippen LogP contribution >= 0.6 is 11.8 Å². The molecule has 4 rings (SSSR count). The van der Waals surface area contributed by atoms with E-state index < -0.39 is 35.5 Å². The summed E-state index contributed by atoms with van der Waals surface area (Å²) in [6.45, 7) is 0. The largest absolute Gasteiger partial charge is 0.741 e. The van der Waals surface area contributed by atoms with E-state index >= 15 is 0 Å². The van der Waals surface area contributed by atoms with Gasteiger partial charge >= 0.3 is 197 Å². The Kier molecular flexibility index (Phi) is 10.6. The van der Waals surface area contributed by atoms with Crippen molar-refractivity contribution in [2.75, 3.05) is 0 Å². The molecule has 0 bridgehead atoms. The quantitative estimate of drug-likeness (QED) is 0.126. The summed E-state index contributed by atoms with van der Waals surface area (Å²) < 4.78 is 61.5. The summed E-state index contributed by atoms with van der Waals surface area (Å²) in [6, 6.07) is 38.6. The maximum atomic E-state index is 11.8. The van der Waals surface area contributed by atoms with Crippen LogP contribution in [0.1, 0.15) is 15.9 Å². The zero-order chi connectivity index (χ0) is 28.5. The van der Waals surface area contributed by atoms with Crippen molar-refractivity contribution in [3.8, 4) is 0 Å². The van der Waals surface area contributed by atoms with E-state index in [1.54, 1.807) is 12.1 Å². The number of hydrogen-bond donors (Lipinski definition) is 1. The van der Waals surface area contributed by atoms with Gasteiger partial charge in [-0.2, -0.15) is 13.2 Å². The van der Waals surface area contributed by atoms with E-state index in [1.807, 2.05) is 42.5 Å². The van der Waals surface area contributed by atoms with Crippen molar-refractivity contribution in [2.45, 2.75) is 10.4 Å². The second kappa shape index (κ2) is 13.6. The summed E-state index contributed by atoms with van der Waals surface area (Å²) in [5.41, 5.74) is -4.23. The fourth-order valence-corrected chi connectivity index (χ4v) is 8.64. The molecule has 4 aromatic carbocycles. The summed E-state index contributed by atoms with van der Waals surface area (Å²) in [7, 11) is -6.09. The third-order valence-corrected chi connectivity index (χ3v) is 11.2. The van der Waals surface area contributed by atoms with Crippen molar-refractivity contribution in [3.05, 3.63) is 131 Å². The Morgan fingerprint density at radius 1 is 0.769 bits per heavy atom. The van der Waals surface area contributed by atoms with Gasteiger partial charge in [-0.1, -0.05) is 0 Å². The molecular weight excluding hydrogens is 616 g/mol. The molecule has 0 amide bonds. The number of carbonyl (C=O) groups is 1. The van der Waals surface area contributed by atoms with E-state index in [-0.39, 0.29) is 0 Å². The summed E-state index contributed by atoms with van der Waals surface area (Å²) in [5.74, 6) is -0.908. The average Bonchev–Trinajstić information content (AvgIpc) is 2.92. The number of alkyl halides is 3. The molecule has 0 aromatic heterocycles. The Morgan fingerprint density at radius 3 is 1.62 bits per heavy atom. The Labute approximate surface area is 232 Å². The first-order valence-corrected chi connectivity index (χ1v) is 16.0. The zero-order valence-corrected chi connectivity index (χ0v) is 23.3. The maximum absolute atomic E-state index is 11.8. The molecule has 11 heteroatoms. The van der Waals surface area contributed by atoms with E-state index in [0.717, 1.165) is 15.4 Å². The molecule has 0 heterocycles. The van der Waals surface area contributed by atoms with Gasteiger partial charge in [-0.3, -0.25) is 0 Å². The van der Waals surface area contributed by atoms with E-state index in [0.29, 0.717) is 5.56 Å². The van der Waals surface area contributed by atoms with Crippen LogP contribution in [-0.2, 0) is 10.1 Å². The number of halogens is 3. The minimum Gasteiger partial charge on any atom is -0.741 e. The Hall–Kier alpha value is -3.34. The Bertz CT molecular complexity index is 1470. The monoisotopic (exact) mass is 638 g/mol. The third kappa shape index (κ3) is 8.84. The van der Waals surface area contributed by atoms with Gasteiger partial charge in [0.25, 0.3) is 0 Å². The van der Waals surface area contributed by atoms with Crippen LogP contribution in [-0.4, -0.2) is 43.5 Å². The van der Waals surface area contributed by atoms with E-state index in [4.69, 9.17) is 13.0 Å². The predicted octanol–water partition coefficient (Wildman–Crippen LogP) is 5.42. The summed E-state index contributed by atoms with van der Waals surface area (Å²) >= 11 is 0.00948. The molecule has 4 aromatic rings. The van der Waals surface area contributed by atoms with Gasteiger partial charge in [0.1, 0.15) is 0 Å². The number of rotatable bonds is 7. The van der Waals surface area contributed by atoms with Crippen LogP contribution in [0.4, 0.5) is 13.2 Å². The molecule has 202 valence electrons. The summed E-state index contributed by atoms with van der Waals surface area (Å²) in [6.07, 6.45) is 0. The molecule has 0 fully saturated rings. The first-order valence-electron chi connectivity index (χ1n) is 11.1. The van der Waals surface area contributed by atoms with Gasteiger partial charge in [-0.25, -0.2) is 8.42 Å². The Balaban J connectivity index is 0.000000459. The third-order valence-electron chi connectivity index (χ3n) is 4.90. The van der Waals surface area contributed by atoms with Crippen molar-refractivity contribution in [2.24, 2.45) is 0 Å². The van der Waals surface area contributed by atoms with Crippen molar-refractivity contribution >= 4 is 55.6 Å². The van der Waals surface area contributed by atoms with Crippen molar-refractivity contribution in [1.82, 2.24) is 0 Å². The van der Waals surface area contributed by atoms with Crippen LogP contribution in [0.5, 0.6) is 0 Å². The second-order valence-electron chi connectivity index (χ2n) is 7.62. The van der Waals surface area contributed by atoms with E-state index in [1.165, 1.54) is 20.7 Å². The Morgan fingerprint density at radius 2 is 1.18 bits per heavy atom. The molecule has 0 radical (unpaired) electrons. The SMILES string of the molecule is O=C(O)c1ccccc1S/C(=C\[Se+](c1ccccc1)c1ccccc1)c1ccccc1.O=S(=O)([O-])C(F)(F)F. The molecule has 0 saturated carbocycles. The van der Waals surface area contributed by atoms with Gasteiger partial charge in [0.2, 0.25) is 0 Å². The van der Waals surface area contributed by atoms with E-state index in [9.17, 15) is 23.1 Å². The standard InChI is InChI=1S/C27H20O2SSe.CHF3O3S/c28-27(29)24-18-10-11-19-25(24)30-26(21-12-4-1-5-13-21)20-31(22-14-6-2-7-15-22)23-16-8-3-9-17-23;2-1(3,4)8(5,6)7/h1-20H;(H,5,6,7)/b26-20-;. The van der Waals surface area contributed by atoms with Crippen LogP contribution in [0.25, 0.3) is 4.91 Å². The fourth-order valence-electron chi connectivity index (χ4n) is 3.12. The van der Waals surface area contributed by atoms with Gasteiger partial charge in [-0.15, -0.1) is 0 Å². The van der Waals surface area contributed by atoms with Gasteiger partial charge in [0, 0.05) is 0 Å². The predicted molar refractivity (Wildman–Crippen MR) is 147 cm³/mol. The molecule has 0 saturated heterocycles. The number of hydrogen-bond acceptors (Lipinski definition) is 5. The molecule has 0 aliphatic rings. The van der Waals surface area contributed by atoms with Crippen LogP contribution in [0, 0.1) is 0 Å². The topological polar surface area (TPSA) is 94.5 Å². The molecule has 0 atom stereocenters. The molecule has 0 spiro atoms. The summed E-state index contributed by atoms with van der Waals surface area (Å²) in [5, 5.41) is 9.66. The molecule has 0 unspecified atom stereocenters. The molecule has 0 aliphatic heterocycles. The minimum absolute atomic E-state index is 0.324. The second-order valence-corrected chi connectivity index (χ2v) is 14.0. The van der Waals surface area contributed by atoms with Gasteiger partial charge in [-0.05, 0) is 0 Å². The maximum Gasteiger partial charge on any atom is 0.485 e. The van der Waals surface area contributed by atoms with Crippen molar-refractivity contribution < 1.29 is 36.0 Å². The molecule has 0 aliphatic carbocycles. The zero-order valence-electron chi connectivity index (χ0n) is 20.0. The average molecular weight is 638 g/mol. The molecule has 5 nitrogen and oxygen atoms in total. The first kappa shape index (κ1) is 30.2. The number of aromatic carboxylic acids is 1. The fraction of sp³-hybridized carbons (Fsp3) is 0.0357. The number of carboxylic acids is 1. The van der Waals surface area contributed by atoms with Crippen LogP contribution < -0.4 is 8.92 Å². The van der Waals surface area contributed by atoms with Crippen LogP contribution in [0.3, 0.4) is 0 Å². The van der Waals surface area contributed by atoms with Crippen LogP contribution in [0.2, 0.25) is 0 Å².